The summed E-state index contributed by atoms with van der Waals surface area (Å²) in [6.45, 7) is 0.572. The predicted molar refractivity (Wildman–Crippen MR) is 84.7 cm³/mol. The van der Waals surface area contributed by atoms with Crippen molar-refractivity contribution in [2.24, 2.45) is 0 Å². The zero-order valence-corrected chi connectivity index (χ0v) is 14.1. The highest BCUT2D eigenvalue weighted by Crippen LogP contribution is 2.29. The van der Waals surface area contributed by atoms with E-state index < -0.39 is 15.9 Å². The molecule has 2 atom stereocenters. The molecule has 1 heterocycles. The number of likely N-dealkylation sites (N-methyl/N-ethyl adjacent to an activating group) is 1. The van der Waals surface area contributed by atoms with E-state index in [0.717, 1.165) is 16.2 Å². The molecule has 118 valence electrons. The molecule has 2 rings (SSSR count). The Labute approximate surface area is 130 Å². The Morgan fingerprint density at radius 3 is 2.67 bits per heavy atom. The van der Waals surface area contributed by atoms with Crippen LogP contribution in [0.4, 0.5) is 0 Å². The first-order valence-electron chi connectivity index (χ1n) is 6.66. The summed E-state index contributed by atoms with van der Waals surface area (Å²) in [6.07, 6.45) is 1.18. The van der Waals surface area contributed by atoms with E-state index in [4.69, 9.17) is 4.74 Å². The zero-order chi connectivity index (χ0) is 15.6. The molecule has 1 aromatic rings. The van der Waals surface area contributed by atoms with Crippen LogP contribution in [0.25, 0.3) is 0 Å². The van der Waals surface area contributed by atoms with Crippen LogP contribution in [0.3, 0.4) is 0 Å². The molecule has 0 aliphatic carbocycles. The molecule has 1 aromatic carbocycles. The van der Waals surface area contributed by atoms with Crippen LogP contribution in [0, 0.1) is 0 Å². The minimum absolute atomic E-state index is 0.0185. The maximum absolute atomic E-state index is 11.6. The van der Waals surface area contributed by atoms with Gasteiger partial charge in [-0.3, -0.25) is 4.90 Å². The summed E-state index contributed by atoms with van der Waals surface area (Å²) in [5.74, 6) is 0.689. The van der Waals surface area contributed by atoms with E-state index >= 15 is 0 Å². The van der Waals surface area contributed by atoms with Gasteiger partial charge in [0.05, 0.1) is 30.8 Å². The lowest BCUT2D eigenvalue weighted by Gasteiger charge is -2.26. The molecule has 0 spiro atoms. The van der Waals surface area contributed by atoms with E-state index in [1.54, 1.807) is 18.9 Å². The van der Waals surface area contributed by atoms with Crippen LogP contribution >= 0.6 is 11.8 Å². The molecular weight excluding hydrogens is 310 g/mol. The maximum atomic E-state index is 11.6. The van der Waals surface area contributed by atoms with Gasteiger partial charge in [-0.05, 0) is 31.0 Å². The third-order valence-corrected chi connectivity index (χ3v) is 6.22. The second kappa shape index (κ2) is 6.56. The molecule has 0 saturated carbocycles. The minimum atomic E-state index is -3.13. The highest BCUT2D eigenvalue weighted by Gasteiger charge is 2.38. The minimum Gasteiger partial charge on any atom is -0.496 e. The first-order chi connectivity index (χ1) is 9.86. The smallest absolute Gasteiger partial charge is 0.154 e. The lowest BCUT2D eigenvalue weighted by Crippen LogP contribution is -2.40. The first kappa shape index (κ1) is 16.6. The normalized spacial score (nSPS) is 24.4. The Balaban J connectivity index is 2.11. The number of ether oxygens (including phenoxy) is 1. The molecule has 1 aliphatic rings. The van der Waals surface area contributed by atoms with Crippen molar-refractivity contribution in [1.29, 1.82) is 0 Å². The zero-order valence-electron chi connectivity index (χ0n) is 12.4. The van der Waals surface area contributed by atoms with Crippen molar-refractivity contribution in [2.45, 2.75) is 23.6 Å². The Kier molecular flexibility index (Phi) is 5.19. The van der Waals surface area contributed by atoms with Crippen LogP contribution in [0.2, 0.25) is 0 Å². The van der Waals surface area contributed by atoms with Gasteiger partial charge in [-0.15, -0.1) is 11.8 Å². The number of aliphatic hydroxyl groups is 1. The Bertz CT molecular complexity index is 603. The number of methoxy groups -OCH3 is 1. The highest BCUT2D eigenvalue weighted by atomic mass is 32.2. The molecule has 0 radical (unpaired) electrons. The number of sulfone groups is 1. The van der Waals surface area contributed by atoms with E-state index in [1.807, 2.05) is 36.4 Å². The van der Waals surface area contributed by atoms with Crippen molar-refractivity contribution < 1.29 is 18.3 Å². The molecule has 5 nitrogen and oxygen atoms in total. The molecular formula is C14H21NO4S2. The summed E-state index contributed by atoms with van der Waals surface area (Å²) in [4.78, 5) is 2.95. The Morgan fingerprint density at radius 1 is 1.43 bits per heavy atom. The molecule has 1 saturated heterocycles. The molecule has 1 N–H and O–H groups in total. The summed E-state index contributed by atoms with van der Waals surface area (Å²) in [5.41, 5.74) is 1.03. The largest absolute Gasteiger partial charge is 0.496 e. The molecule has 0 unspecified atom stereocenters. The van der Waals surface area contributed by atoms with Gasteiger partial charge in [0.15, 0.2) is 9.84 Å². The number of benzene rings is 1. The number of aliphatic hydroxyl groups excluding tert-OH is 1. The van der Waals surface area contributed by atoms with Crippen molar-refractivity contribution >= 4 is 21.6 Å². The fourth-order valence-corrected chi connectivity index (χ4v) is 5.04. The van der Waals surface area contributed by atoms with Crippen LogP contribution in [0.15, 0.2) is 23.1 Å². The van der Waals surface area contributed by atoms with Gasteiger partial charge in [-0.2, -0.15) is 0 Å². The van der Waals surface area contributed by atoms with Crippen LogP contribution in [-0.2, 0) is 16.4 Å². The number of hydrogen-bond donors (Lipinski definition) is 1. The summed E-state index contributed by atoms with van der Waals surface area (Å²) >= 11 is 1.62. The van der Waals surface area contributed by atoms with Crippen LogP contribution in [0.5, 0.6) is 5.75 Å². The van der Waals surface area contributed by atoms with E-state index in [1.165, 1.54) is 0 Å². The fourth-order valence-electron chi connectivity index (χ4n) is 2.62. The number of thioether (sulfide) groups is 1. The maximum Gasteiger partial charge on any atom is 0.154 e. The summed E-state index contributed by atoms with van der Waals surface area (Å²) in [7, 11) is 0.347. The van der Waals surface area contributed by atoms with Crippen molar-refractivity contribution in [2.75, 3.05) is 31.9 Å². The van der Waals surface area contributed by atoms with E-state index in [2.05, 4.69) is 0 Å². The second-order valence-corrected chi connectivity index (χ2v) is 8.32. The average molecular weight is 331 g/mol. The van der Waals surface area contributed by atoms with Gasteiger partial charge in [-0.1, -0.05) is 6.07 Å². The van der Waals surface area contributed by atoms with Crippen LogP contribution in [-0.4, -0.2) is 62.5 Å². The van der Waals surface area contributed by atoms with Crippen molar-refractivity contribution in [3.05, 3.63) is 23.8 Å². The van der Waals surface area contributed by atoms with Gasteiger partial charge < -0.3 is 9.84 Å². The lowest BCUT2D eigenvalue weighted by molar-refractivity contribution is 0.0957. The lowest BCUT2D eigenvalue weighted by atomic mass is 10.1. The van der Waals surface area contributed by atoms with Crippen molar-refractivity contribution in [3.63, 3.8) is 0 Å². The Hall–Kier alpha value is -0.760. The van der Waals surface area contributed by atoms with E-state index in [-0.39, 0.29) is 17.5 Å². The number of rotatable bonds is 5. The van der Waals surface area contributed by atoms with Gasteiger partial charge in [0.25, 0.3) is 0 Å². The monoisotopic (exact) mass is 331 g/mol. The molecule has 7 heteroatoms. The number of nitrogens with zero attached hydrogens (tertiary/aromatic N) is 1. The van der Waals surface area contributed by atoms with Gasteiger partial charge in [-0.25, -0.2) is 8.42 Å². The molecule has 0 bridgehead atoms. The molecule has 0 amide bonds. The summed E-state index contributed by atoms with van der Waals surface area (Å²) in [6, 6.07) is 5.61. The Morgan fingerprint density at radius 2 is 2.14 bits per heavy atom. The molecule has 0 aromatic heterocycles. The first-order valence-corrected chi connectivity index (χ1v) is 9.70. The molecule has 1 fully saturated rings. The van der Waals surface area contributed by atoms with Crippen LogP contribution < -0.4 is 4.74 Å². The van der Waals surface area contributed by atoms with E-state index in [0.29, 0.717) is 6.54 Å². The fraction of sp³-hybridized carbons (Fsp3) is 0.571. The van der Waals surface area contributed by atoms with Crippen molar-refractivity contribution in [1.82, 2.24) is 4.90 Å². The van der Waals surface area contributed by atoms with E-state index in [9.17, 15) is 13.5 Å². The number of hydrogen-bond acceptors (Lipinski definition) is 6. The third-order valence-electron chi connectivity index (χ3n) is 3.74. The van der Waals surface area contributed by atoms with Gasteiger partial charge >= 0.3 is 0 Å². The quantitative estimate of drug-likeness (QED) is 0.812. The predicted octanol–water partition coefficient (Wildman–Crippen LogP) is 1.01. The highest BCUT2D eigenvalue weighted by molar-refractivity contribution is 7.98. The van der Waals surface area contributed by atoms with Gasteiger partial charge in [0.1, 0.15) is 5.75 Å². The SMILES string of the molecule is COc1cc(CN(C)[C@@H]2CS(=O)(=O)C[C@@H]2O)ccc1SC. The standard InChI is InChI=1S/C14H21NO4S2/c1-15(11-8-21(17,18)9-12(11)16)7-10-4-5-14(20-3)13(6-10)19-2/h4-6,11-12,16H,7-9H2,1-3H3/t11-,12+/m1/s1. The topological polar surface area (TPSA) is 66.8 Å². The van der Waals surface area contributed by atoms with Gasteiger partial charge in [0, 0.05) is 11.4 Å². The third kappa shape index (κ3) is 3.91. The summed E-state index contributed by atoms with van der Waals surface area (Å²) < 4.78 is 28.5. The van der Waals surface area contributed by atoms with Gasteiger partial charge in [0.2, 0.25) is 0 Å². The van der Waals surface area contributed by atoms with Crippen molar-refractivity contribution in [3.8, 4) is 5.75 Å². The molecule has 21 heavy (non-hydrogen) atoms. The summed E-state index contributed by atoms with van der Waals surface area (Å²) in [5, 5.41) is 9.91. The average Bonchev–Trinajstić information content (AvgIpc) is 2.72. The molecule has 1 aliphatic heterocycles. The second-order valence-electron chi connectivity index (χ2n) is 5.32. The van der Waals surface area contributed by atoms with Crippen LogP contribution in [0.1, 0.15) is 5.56 Å².